The lowest BCUT2D eigenvalue weighted by Crippen LogP contribution is -2.34. The molecule has 5 heteroatoms. The summed E-state index contributed by atoms with van der Waals surface area (Å²) in [7, 11) is 0. The van der Waals surface area contributed by atoms with E-state index in [4.69, 9.17) is 9.47 Å². The third kappa shape index (κ3) is 6.01. The van der Waals surface area contributed by atoms with Crippen LogP contribution in [0.3, 0.4) is 0 Å². The fourth-order valence-electron chi connectivity index (χ4n) is 2.03. The molecule has 1 atom stereocenters. The van der Waals surface area contributed by atoms with E-state index in [2.05, 4.69) is 10.3 Å². The normalized spacial score (nSPS) is 12.0. The van der Waals surface area contributed by atoms with E-state index in [1.165, 1.54) is 0 Å². The van der Waals surface area contributed by atoms with Gasteiger partial charge in [0.05, 0.1) is 12.7 Å². The zero-order chi connectivity index (χ0) is 17.4. The first kappa shape index (κ1) is 17.9. The van der Waals surface area contributed by atoms with Gasteiger partial charge in [-0.15, -0.1) is 0 Å². The van der Waals surface area contributed by atoms with Crippen molar-refractivity contribution in [3.63, 3.8) is 0 Å². The molecule has 1 aromatic carbocycles. The summed E-state index contributed by atoms with van der Waals surface area (Å²) >= 11 is 0. The van der Waals surface area contributed by atoms with E-state index in [1.54, 1.807) is 19.2 Å². The summed E-state index contributed by atoms with van der Waals surface area (Å²) < 4.78 is 11.1. The lowest BCUT2D eigenvalue weighted by molar-refractivity contribution is -0.132. The Hall–Kier alpha value is -2.40. The van der Waals surface area contributed by atoms with Crippen LogP contribution < -0.4 is 10.1 Å². The molecule has 24 heavy (non-hydrogen) atoms. The third-order valence-electron chi connectivity index (χ3n) is 3.33. The average molecular weight is 328 g/mol. The number of nitrogens with one attached hydrogen (secondary N) is 1. The van der Waals surface area contributed by atoms with Gasteiger partial charge in [0.15, 0.2) is 0 Å². The zero-order valence-electron chi connectivity index (χ0n) is 14.4. The summed E-state index contributed by atoms with van der Waals surface area (Å²) in [5.41, 5.74) is 1.96. The van der Waals surface area contributed by atoms with Gasteiger partial charge in [0.2, 0.25) is 11.8 Å². The first-order chi connectivity index (χ1) is 11.5. The minimum atomic E-state index is -0.512. The predicted molar refractivity (Wildman–Crippen MR) is 92.5 cm³/mol. The summed E-state index contributed by atoms with van der Waals surface area (Å²) in [4.78, 5) is 16.3. The van der Waals surface area contributed by atoms with Crippen LogP contribution in [0.25, 0.3) is 0 Å². The Balaban J connectivity index is 1.75. The average Bonchev–Trinajstić information content (AvgIpc) is 2.59. The van der Waals surface area contributed by atoms with Crippen molar-refractivity contribution in [2.24, 2.45) is 0 Å². The molecule has 1 amide bonds. The van der Waals surface area contributed by atoms with Gasteiger partial charge in [0.1, 0.15) is 6.10 Å². The standard InChI is InChI=1S/C19H24N2O3/c1-14(2)24-18-10-9-17(11-20-18)12-21-19(22)15(3)23-13-16-7-5-4-6-8-16/h4-11,14-15H,12-13H2,1-3H3,(H,21,22)/t15-/m0/s1. The van der Waals surface area contributed by atoms with Gasteiger partial charge in [-0.05, 0) is 31.9 Å². The highest BCUT2D eigenvalue weighted by molar-refractivity contribution is 5.80. The number of amides is 1. The Bertz CT molecular complexity index is 627. The summed E-state index contributed by atoms with van der Waals surface area (Å²) in [6, 6.07) is 13.5. The number of aromatic nitrogens is 1. The summed E-state index contributed by atoms with van der Waals surface area (Å²) in [6.45, 7) is 6.47. The van der Waals surface area contributed by atoms with Crippen LogP contribution in [0.2, 0.25) is 0 Å². The molecule has 0 aliphatic rings. The minimum Gasteiger partial charge on any atom is -0.475 e. The molecule has 0 aliphatic carbocycles. The number of hydrogen-bond acceptors (Lipinski definition) is 4. The van der Waals surface area contributed by atoms with Crippen LogP contribution in [0.5, 0.6) is 5.88 Å². The molecule has 1 N–H and O–H groups in total. The lowest BCUT2D eigenvalue weighted by Gasteiger charge is -2.14. The Labute approximate surface area is 143 Å². The summed E-state index contributed by atoms with van der Waals surface area (Å²) in [5, 5.41) is 2.85. The number of hydrogen-bond donors (Lipinski definition) is 1. The molecule has 2 rings (SSSR count). The predicted octanol–water partition coefficient (Wildman–Crippen LogP) is 3.09. The van der Waals surface area contributed by atoms with E-state index in [0.29, 0.717) is 19.0 Å². The minimum absolute atomic E-state index is 0.0886. The molecule has 1 heterocycles. The van der Waals surface area contributed by atoms with Gasteiger partial charge in [0, 0.05) is 18.8 Å². The molecule has 0 saturated heterocycles. The van der Waals surface area contributed by atoms with Crippen molar-refractivity contribution in [1.29, 1.82) is 0 Å². The van der Waals surface area contributed by atoms with Crippen LogP contribution in [0.15, 0.2) is 48.7 Å². The van der Waals surface area contributed by atoms with E-state index in [0.717, 1.165) is 11.1 Å². The molecular weight excluding hydrogens is 304 g/mol. The van der Waals surface area contributed by atoms with Crippen molar-refractivity contribution in [2.45, 2.75) is 46.1 Å². The SMILES string of the molecule is CC(C)Oc1ccc(CNC(=O)[C@H](C)OCc2ccccc2)cn1. The largest absolute Gasteiger partial charge is 0.475 e. The Morgan fingerprint density at radius 1 is 1.08 bits per heavy atom. The first-order valence-corrected chi connectivity index (χ1v) is 8.09. The maximum absolute atomic E-state index is 12.1. The molecule has 5 nitrogen and oxygen atoms in total. The van der Waals surface area contributed by atoms with E-state index in [1.807, 2.05) is 50.2 Å². The molecule has 0 unspecified atom stereocenters. The maximum atomic E-state index is 12.1. The van der Waals surface area contributed by atoms with Gasteiger partial charge < -0.3 is 14.8 Å². The number of ether oxygens (including phenoxy) is 2. The van der Waals surface area contributed by atoms with Crippen LogP contribution in [0.1, 0.15) is 31.9 Å². The van der Waals surface area contributed by atoms with E-state index >= 15 is 0 Å². The lowest BCUT2D eigenvalue weighted by atomic mass is 10.2. The summed E-state index contributed by atoms with van der Waals surface area (Å²) in [6.07, 6.45) is 1.28. The van der Waals surface area contributed by atoms with Crippen molar-refractivity contribution < 1.29 is 14.3 Å². The third-order valence-corrected chi connectivity index (χ3v) is 3.33. The second kappa shape index (κ2) is 9.03. The molecule has 0 fully saturated rings. The highest BCUT2D eigenvalue weighted by Gasteiger charge is 2.13. The van der Waals surface area contributed by atoms with Gasteiger partial charge in [-0.1, -0.05) is 36.4 Å². The Morgan fingerprint density at radius 3 is 2.46 bits per heavy atom. The fraction of sp³-hybridized carbons (Fsp3) is 0.368. The molecule has 0 saturated carbocycles. The number of carbonyl (C=O) groups is 1. The monoisotopic (exact) mass is 328 g/mol. The molecule has 0 spiro atoms. The van der Waals surface area contributed by atoms with Crippen molar-refractivity contribution >= 4 is 5.91 Å². The highest BCUT2D eigenvalue weighted by Crippen LogP contribution is 2.09. The van der Waals surface area contributed by atoms with Crippen LogP contribution in [-0.2, 0) is 22.7 Å². The molecule has 0 aliphatic heterocycles. The number of rotatable bonds is 8. The maximum Gasteiger partial charge on any atom is 0.249 e. The van der Waals surface area contributed by atoms with E-state index in [-0.39, 0.29) is 12.0 Å². The van der Waals surface area contributed by atoms with E-state index in [9.17, 15) is 4.79 Å². The van der Waals surface area contributed by atoms with Gasteiger partial charge in [0.25, 0.3) is 0 Å². The van der Waals surface area contributed by atoms with Crippen molar-refractivity contribution in [1.82, 2.24) is 10.3 Å². The van der Waals surface area contributed by atoms with Crippen LogP contribution in [0.4, 0.5) is 0 Å². The Kier molecular flexibility index (Phi) is 6.75. The van der Waals surface area contributed by atoms with Crippen LogP contribution in [-0.4, -0.2) is 23.1 Å². The van der Waals surface area contributed by atoms with Crippen molar-refractivity contribution in [3.8, 4) is 5.88 Å². The van der Waals surface area contributed by atoms with Crippen molar-refractivity contribution in [2.75, 3.05) is 0 Å². The van der Waals surface area contributed by atoms with Crippen LogP contribution >= 0.6 is 0 Å². The number of benzene rings is 1. The topological polar surface area (TPSA) is 60.5 Å². The number of pyridine rings is 1. The van der Waals surface area contributed by atoms with Gasteiger partial charge in [-0.25, -0.2) is 4.98 Å². The molecule has 0 radical (unpaired) electrons. The fourth-order valence-corrected chi connectivity index (χ4v) is 2.03. The van der Waals surface area contributed by atoms with Crippen molar-refractivity contribution in [3.05, 3.63) is 59.8 Å². The highest BCUT2D eigenvalue weighted by atomic mass is 16.5. The second-order valence-corrected chi connectivity index (χ2v) is 5.83. The van der Waals surface area contributed by atoms with Crippen LogP contribution in [0, 0.1) is 0 Å². The summed E-state index contributed by atoms with van der Waals surface area (Å²) in [5.74, 6) is 0.438. The number of nitrogens with zero attached hydrogens (tertiary/aromatic N) is 1. The molecule has 2 aromatic rings. The quantitative estimate of drug-likeness (QED) is 0.809. The molecular formula is C19H24N2O3. The zero-order valence-corrected chi connectivity index (χ0v) is 14.4. The van der Waals surface area contributed by atoms with Gasteiger partial charge in [-0.3, -0.25) is 4.79 Å². The smallest absolute Gasteiger partial charge is 0.249 e. The van der Waals surface area contributed by atoms with Gasteiger partial charge >= 0.3 is 0 Å². The molecule has 0 bridgehead atoms. The van der Waals surface area contributed by atoms with E-state index < -0.39 is 6.10 Å². The molecule has 1 aromatic heterocycles. The second-order valence-electron chi connectivity index (χ2n) is 5.83. The Morgan fingerprint density at radius 2 is 1.83 bits per heavy atom. The number of carbonyl (C=O) groups excluding carboxylic acids is 1. The van der Waals surface area contributed by atoms with Gasteiger partial charge in [-0.2, -0.15) is 0 Å². The first-order valence-electron chi connectivity index (χ1n) is 8.09. The molecule has 128 valence electrons.